The first kappa shape index (κ1) is 13.7. The predicted octanol–water partition coefficient (Wildman–Crippen LogP) is 0.754. The Hall–Kier alpha value is -1.75. The van der Waals surface area contributed by atoms with Crippen molar-refractivity contribution in [3.8, 4) is 0 Å². The Morgan fingerprint density at radius 1 is 1.37 bits per heavy atom. The van der Waals surface area contributed by atoms with Gasteiger partial charge in [0.2, 0.25) is 0 Å². The maximum atomic E-state index is 11.6. The molecular formula is C14H22N4O. The van der Waals surface area contributed by atoms with Gasteiger partial charge in [-0.3, -0.25) is 4.79 Å². The Bertz CT molecular complexity index is 486. The molecule has 0 radical (unpaired) electrons. The van der Waals surface area contributed by atoms with Crippen molar-refractivity contribution in [3.63, 3.8) is 0 Å². The van der Waals surface area contributed by atoms with Crippen LogP contribution in [0.4, 0.5) is 11.4 Å². The summed E-state index contributed by atoms with van der Waals surface area (Å²) in [6.07, 6.45) is 0. The minimum Gasteiger partial charge on any atom is -0.397 e. The predicted molar refractivity (Wildman–Crippen MR) is 78.2 cm³/mol. The maximum absolute atomic E-state index is 11.6. The van der Waals surface area contributed by atoms with Crippen molar-refractivity contribution in [2.24, 2.45) is 11.7 Å². The first-order chi connectivity index (χ1) is 8.91. The van der Waals surface area contributed by atoms with Gasteiger partial charge in [0.25, 0.3) is 5.91 Å². The highest BCUT2D eigenvalue weighted by atomic mass is 16.1. The molecule has 1 amide bonds. The van der Waals surface area contributed by atoms with Crippen LogP contribution in [0.3, 0.4) is 0 Å². The summed E-state index contributed by atoms with van der Waals surface area (Å²) < 4.78 is 0. The van der Waals surface area contributed by atoms with Crippen molar-refractivity contribution in [1.29, 1.82) is 0 Å². The molecule has 0 saturated carbocycles. The summed E-state index contributed by atoms with van der Waals surface area (Å²) in [5.41, 5.74) is 13.4. The van der Waals surface area contributed by atoms with E-state index in [0.29, 0.717) is 23.2 Å². The fraction of sp³-hybridized carbons (Fsp3) is 0.500. The third-order valence-corrected chi connectivity index (χ3v) is 3.88. The first-order valence-corrected chi connectivity index (χ1v) is 6.51. The molecule has 2 rings (SSSR count). The van der Waals surface area contributed by atoms with E-state index in [-0.39, 0.29) is 0 Å². The van der Waals surface area contributed by atoms with Crippen molar-refractivity contribution in [1.82, 2.24) is 4.90 Å². The SMILES string of the molecule is CC1CN(c2c(N)cccc2C(N)=O)CC1N(C)C. The highest BCUT2D eigenvalue weighted by Crippen LogP contribution is 2.33. The molecule has 1 aromatic rings. The number of anilines is 2. The van der Waals surface area contributed by atoms with Crippen LogP contribution in [-0.4, -0.2) is 44.0 Å². The number of carbonyl (C=O) groups is 1. The molecule has 0 bridgehead atoms. The van der Waals surface area contributed by atoms with Crippen molar-refractivity contribution >= 4 is 17.3 Å². The second-order valence-electron chi connectivity index (χ2n) is 5.52. The van der Waals surface area contributed by atoms with Crippen LogP contribution in [-0.2, 0) is 0 Å². The number of primary amides is 1. The molecule has 1 heterocycles. The lowest BCUT2D eigenvalue weighted by Gasteiger charge is -2.24. The lowest BCUT2D eigenvalue weighted by molar-refractivity contribution is 0.100. The van der Waals surface area contributed by atoms with Gasteiger partial charge in [-0.2, -0.15) is 0 Å². The smallest absolute Gasteiger partial charge is 0.250 e. The summed E-state index contributed by atoms with van der Waals surface area (Å²) in [5, 5.41) is 0. The second kappa shape index (κ2) is 5.09. The lowest BCUT2D eigenvalue weighted by atomic mass is 10.1. The lowest BCUT2D eigenvalue weighted by Crippen LogP contribution is -2.34. The van der Waals surface area contributed by atoms with Gasteiger partial charge in [0, 0.05) is 19.1 Å². The number of nitrogen functional groups attached to an aromatic ring is 1. The molecule has 104 valence electrons. The van der Waals surface area contributed by atoms with E-state index in [0.717, 1.165) is 18.8 Å². The quantitative estimate of drug-likeness (QED) is 0.788. The number of nitrogens with zero attached hydrogens (tertiary/aromatic N) is 2. The van der Waals surface area contributed by atoms with Crippen LogP contribution in [0.1, 0.15) is 17.3 Å². The van der Waals surface area contributed by atoms with E-state index >= 15 is 0 Å². The average Bonchev–Trinajstić information content (AvgIpc) is 2.70. The van der Waals surface area contributed by atoms with Crippen molar-refractivity contribution < 1.29 is 4.79 Å². The van der Waals surface area contributed by atoms with Gasteiger partial charge >= 0.3 is 0 Å². The van der Waals surface area contributed by atoms with Crippen LogP contribution in [0.2, 0.25) is 0 Å². The largest absolute Gasteiger partial charge is 0.397 e. The summed E-state index contributed by atoms with van der Waals surface area (Å²) in [6.45, 7) is 3.97. The summed E-state index contributed by atoms with van der Waals surface area (Å²) in [6, 6.07) is 5.78. The van der Waals surface area contributed by atoms with Crippen LogP contribution >= 0.6 is 0 Å². The topological polar surface area (TPSA) is 75.6 Å². The highest BCUT2D eigenvalue weighted by molar-refractivity contribution is 6.01. The molecule has 1 aliphatic rings. The van der Waals surface area contributed by atoms with E-state index in [2.05, 4.69) is 30.8 Å². The van der Waals surface area contributed by atoms with Gasteiger partial charge in [-0.15, -0.1) is 0 Å². The standard InChI is InChI=1S/C14H22N4O/c1-9-7-18(8-12(9)17(2)3)13-10(14(16)19)5-4-6-11(13)15/h4-6,9,12H,7-8,15H2,1-3H3,(H2,16,19). The van der Waals surface area contributed by atoms with Crippen molar-refractivity contribution in [2.75, 3.05) is 37.8 Å². The van der Waals surface area contributed by atoms with Crippen molar-refractivity contribution in [2.45, 2.75) is 13.0 Å². The first-order valence-electron chi connectivity index (χ1n) is 6.51. The summed E-state index contributed by atoms with van der Waals surface area (Å²) in [7, 11) is 4.15. The van der Waals surface area contributed by atoms with E-state index in [1.165, 1.54) is 0 Å². The van der Waals surface area contributed by atoms with Gasteiger partial charge in [-0.05, 0) is 32.1 Å². The molecule has 2 unspecified atom stereocenters. The zero-order chi connectivity index (χ0) is 14.2. The van der Waals surface area contributed by atoms with E-state index in [4.69, 9.17) is 11.5 Å². The molecule has 5 heteroatoms. The number of likely N-dealkylation sites (N-methyl/N-ethyl adjacent to an activating group) is 1. The summed E-state index contributed by atoms with van der Waals surface area (Å²) in [5.74, 6) is 0.0959. The van der Waals surface area contributed by atoms with Crippen LogP contribution in [0.25, 0.3) is 0 Å². The number of amides is 1. The zero-order valence-electron chi connectivity index (χ0n) is 11.8. The van der Waals surface area contributed by atoms with Crippen LogP contribution in [0, 0.1) is 5.92 Å². The molecule has 1 aliphatic heterocycles. The Labute approximate surface area is 114 Å². The van der Waals surface area contributed by atoms with Crippen LogP contribution in [0.5, 0.6) is 0 Å². The third-order valence-electron chi connectivity index (χ3n) is 3.88. The normalized spacial score (nSPS) is 23.1. The van der Waals surface area contributed by atoms with Gasteiger partial charge in [0.05, 0.1) is 16.9 Å². The van der Waals surface area contributed by atoms with E-state index in [1.54, 1.807) is 12.1 Å². The van der Waals surface area contributed by atoms with Crippen LogP contribution in [0.15, 0.2) is 18.2 Å². The number of hydrogen-bond donors (Lipinski definition) is 2. The van der Waals surface area contributed by atoms with E-state index in [1.807, 2.05) is 6.07 Å². The van der Waals surface area contributed by atoms with E-state index in [9.17, 15) is 4.79 Å². The van der Waals surface area contributed by atoms with Gasteiger partial charge in [-0.1, -0.05) is 13.0 Å². The Morgan fingerprint density at radius 3 is 2.58 bits per heavy atom. The van der Waals surface area contributed by atoms with Gasteiger partial charge < -0.3 is 21.3 Å². The van der Waals surface area contributed by atoms with Gasteiger partial charge in [0.1, 0.15) is 0 Å². The molecule has 0 aliphatic carbocycles. The van der Waals surface area contributed by atoms with E-state index < -0.39 is 5.91 Å². The van der Waals surface area contributed by atoms with Crippen molar-refractivity contribution in [3.05, 3.63) is 23.8 Å². The summed E-state index contributed by atoms with van der Waals surface area (Å²) >= 11 is 0. The maximum Gasteiger partial charge on any atom is 0.250 e. The monoisotopic (exact) mass is 262 g/mol. The number of rotatable bonds is 3. The highest BCUT2D eigenvalue weighted by Gasteiger charge is 2.33. The summed E-state index contributed by atoms with van der Waals surface area (Å²) in [4.78, 5) is 15.9. The van der Waals surface area contributed by atoms with Crippen LogP contribution < -0.4 is 16.4 Å². The number of carbonyl (C=O) groups excluding carboxylic acids is 1. The third kappa shape index (κ3) is 2.51. The number of benzene rings is 1. The van der Waals surface area contributed by atoms with Gasteiger partial charge in [-0.25, -0.2) is 0 Å². The fourth-order valence-electron chi connectivity index (χ4n) is 2.92. The molecule has 1 saturated heterocycles. The molecular weight excluding hydrogens is 240 g/mol. The second-order valence-corrected chi connectivity index (χ2v) is 5.52. The molecule has 0 aromatic heterocycles. The minimum atomic E-state index is -0.428. The Balaban J connectivity index is 2.36. The molecule has 2 atom stereocenters. The Kier molecular flexibility index (Phi) is 3.66. The fourth-order valence-corrected chi connectivity index (χ4v) is 2.92. The zero-order valence-corrected chi connectivity index (χ0v) is 11.8. The number of nitrogens with two attached hydrogens (primary N) is 2. The number of hydrogen-bond acceptors (Lipinski definition) is 4. The molecule has 0 spiro atoms. The molecule has 1 aromatic carbocycles. The number of para-hydroxylation sites is 1. The Morgan fingerprint density at radius 2 is 2.05 bits per heavy atom. The van der Waals surface area contributed by atoms with Gasteiger partial charge in [0.15, 0.2) is 0 Å². The molecule has 4 N–H and O–H groups in total. The molecule has 1 fully saturated rings. The molecule has 19 heavy (non-hydrogen) atoms. The minimum absolute atomic E-state index is 0.428. The molecule has 5 nitrogen and oxygen atoms in total. The average molecular weight is 262 g/mol.